The average Bonchev–Trinajstić information content (AvgIpc) is 2.93. The molecular weight excluding hydrogens is 382 g/mol. The van der Waals surface area contributed by atoms with E-state index >= 15 is 0 Å². The van der Waals surface area contributed by atoms with Crippen molar-refractivity contribution in [2.24, 2.45) is 0 Å². The van der Waals surface area contributed by atoms with Gasteiger partial charge < -0.3 is 9.47 Å². The topological polar surface area (TPSA) is 90.3 Å². The quantitative estimate of drug-likeness (QED) is 0.640. The van der Waals surface area contributed by atoms with Crippen molar-refractivity contribution in [2.75, 3.05) is 18.6 Å². The highest BCUT2D eigenvalue weighted by Crippen LogP contribution is 2.46. The first-order valence-corrected chi connectivity index (χ1v) is 9.69. The molecule has 2 aromatic heterocycles. The van der Waals surface area contributed by atoms with Gasteiger partial charge in [-0.3, -0.25) is 9.69 Å². The second-order valence-electron chi connectivity index (χ2n) is 7.50. The first-order valence-electron chi connectivity index (χ1n) is 9.69. The first kappa shape index (κ1) is 19.8. The average molecular weight is 405 g/mol. The number of amides is 1. The van der Waals surface area contributed by atoms with Gasteiger partial charge in [0.15, 0.2) is 5.82 Å². The van der Waals surface area contributed by atoms with Crippen LogP contribution in [-0.4, -0.2) is 39.6 Å². The lowest BCUT2D eigenvalue weighted by Gasteiger charge is -2.20. The van der Waals surface area contributed by atoms with Crippen molar-refractivity contribution in [3.63, 3.8) is 0 Å². The summed E-state index contributed by atoms with van der Waals surface area (Å²) in [5.41, 5.74) is 2.75. The van der Waals surface area contributed by atoms with Crippen molar-refractivity contribution in [2.45, 2.75) is 33.1 Å². The van der Waals surface area contributed by atoms with Gasteiger partial charge >= 0.3 is 6.01 Å². The monoisotopic (exact) mass is 405 g/mol. The van der Waals surface area contributed by atoms with Gasteiger partial charge in [0, 0.05) is 24.0 Å². The van der Waals surface area contributed by atoms with Gasteiger partial charge in [0.25, 0.3) is 0 Å². The predicted octanol–water partition coefficient (Wildman–Crippen LogP) is 3.61. The molecule has 1 amide bonds. The molecule has 1 aliphatic heterocycles. The van der Waals surface area contributed by atoms with E-state index in [1.807, 2.05) is 45.9 Å². The van der Waals surface area contributed by atoms with Crippen molar-refractivity contribution in [1.82, 2.24) is 19.9 Å². The predicted molar refractivity (Wildman–Crippen MR) is 112 cm³/mol. The summed E-state index contributed by atoms with van der Waals surface area (Å²) < 4.78 is 10.8. The van der Waals surface area contributed by atoms with E-state index in [2.05, 4.69) is 19.9 Å². The molecule has 0 atom stereocenters. The number of benzene rings is 1. The van der Waals surface area contributed by atoms with E-state index < -0.39 is 5.41 Å². The molecule has 1 aromatic carbocycles. The summed E-state index contributed by atoms with van der Waals surface area (Å²) in [4.78, 5) is 32.2. The Hall–Kier alpha value is -3.55. The molecule has 0 bridgehead atoms. The number of anilines is 2. The highest BCUT2D eigenvalue weighted by Gasteiger charge is 2.45. The van der Waals surface area contributed by atoms with Crippen LogP contribution in [0.2, 0.25) is 0 Å². The van der Waals surface area contributed by atoms with E-state index in [4.69, 9.17) is 9.47 Å². The fourth-order valence-electron chi connectivity index (χ4n) is 3.52. The zero-order valence-corrected chi connectivity index (χ0v) is 17.6. The minimum Gasteiger partial charge on any atom is -0.478 e. The second-order valence-corrected chi connectivity index (χ2v) is 7.50. The van der Waals surface area contributed by atoms with Gasteiger partial charge in [-0.05, 0) is 44.9 Å². The number of aromatic nitrogens is 4. The highest BCUT2D eigenvalue weighted by molar-refractivity contribution is 6.12. The molecule has 0 spiro atoms. The van der Waals surface area contributed by atoms with Gasteiger partial charge in [-0.1, -0.05) is 12.1 Å². The fraction of sp³-hybridized carbons (Fsp3) is 0.318. The van der Waals surface area contributed by atoms with Crippen LogP contribution in [0.3, 0.4) is 0 Å². The molecule has 0 aliphatic carbocycles. The maximum atomic E-state index is 13.4. The van der Waals surface area contributed by atoms with Gasteiger partial charge in [-0.25, -0.2) is 9.97 Å². The number of carbonyl (C=O) groups excluding carboxylic acids is 1. The number of nitrogens with zero attached hydrogens (tertiary/aromatic N) is 5. The van der Waals surface area contributed by atoms with Crippen molar-refractivity contribution < 1.29 is 14.3 Å². The molecule has 0 unspecified atom stereocenters. The highest BCUT2D eigenvalue weighted by atomic mass is 16.5. The van der Waals surface area contributed by atoms with Gasteiger partial charge in [0.05, 0.1) is 24.8 Å². The van der Waals surface area contributed by atoms with Crippen molar-refractivity contribution in [3.05, 3.63) is 48.0 Å². The van der Waals surface area contributed by atoms with Crippen LogP contribution in [0.1, 0.15) is 32.2 Å². The van der Waals surface area contributed by atoms with E-state index in [0.717, 1.165) is 22.4 Å². The van der Waals surface area contributed by atoms with Gasteiger partial charge in [-0.15, -0.1) is 0 Å². The third kappa shape index (κ3) is 3.24. The number of hydrogen-bond acceptors (Lipinski definition) is 7. The first-order chi connectivity index (χ1) is 14.3. The zero-order valence-electron chi connectivity index (χ0n) is 17.6. The molecule has 1 aliphatic rings. The van der Waals surface area contributed by atoms with E-state index in [1.165, 1.54) is 7.11 Å². The van der Waals surface area contributed by atoms with E-state index in [-0.39, 0.29) is 11.9 Å². The molecule has 3 heterocycles. The largest absolute Gasteiger partial charge is 0.478 e. The number of methoxy groups -OCH3 is 1. The van der Waals surface area contributed by atoms with Crippen molar-refractivity contribution >= 4 is 17.4 Å². The van der Waals surface area contributed by atoms with Crippen LogP contribution < -0.4 is 14.4 Å². The Kier molecular flexibility index (Phi) is 4.85. The lowest BCUT2D eigenvalue weighted by Crippen LogP contribution is -2.33. The Morgan fingerprint density at radius 2 is 1.80 bits per heavy atom. The van der Waals surface area contributed by atoms with Crippen LogP contribution in [0, 0.1) is 6.92 Å². The summed E-state index contributed by atoms with van der Waals surface area (Å²) in [7, 11) is 1.48. The maximum absolute atomic E-state index is 13.4. The minimum atomic E-state index is -0.707. The Morgan fingerprint density at radius 1 is 1.07 bits per heavy atom. The molecule has 30 heavy (non-hydrogen) atoms. The smallest absolute Gasteiger partial charge is 0.321 e. The van der Waals surface area contributed by atoms with Gasteiger partial charge in [0.1, 0.15) is 5.82 Å². The Bertz CT molecular complexity index is 1110. The molecule has 0 radical (unpaired) electrons. The fourth-order valence-corrected chi connectivity index (χ4v) is 3.52. The van der Waals surface area contributed by atoms with Gasteiger partial charge in [-0.2, -0.15) is 9.97 Å². The summed E-state index contributed by atoms with van der Waals surface area (Å²) in [6.07, 6.45) is 3.55. The standard InChI is InChI=1S/C22H23N5O3/c1-6-30-19-10-18(25-21(26-19)29-5)27-17-9-14(15-11-23-13(2)24-12-15)7-8-16(17)22(3,4)20(27)28/h7-12H,6H2,1-5H3. The third-order valence-corrected chi connectivity index (χ3v) is 5.14. The molecule has 4 rings (SSSR count). The molecular formula is C22H23N5O3. The number of carbonyl (C=O) groups is 1. The normalized spacial score (nSPS) is 14.6. The maximum Gasteiger partial charge on any atom is 0.321 e. The minimum absolute atomic E-state index is 0.0852. The number of aryl methyl sites for hydroxylation is 1. The van der Waals surface area contributed by atoms with E-state index in [1.54, 1.807) is 23.4 Å². The number of fused-ring (bicyclic) bond motifs is 1. The van der Waals surface area contributed by atoms with Crippen LogP contribution in [0.15, 0.2) is 36.7 Å². The van der Waals surface area contributed by atoms with Gasteiger partial charge in [0.2, 0.25) is 11.8 Å². The molecule has 8 heteroatoms. The van der Waals surface area contributed by atoms with Crippen molar-refractivity contribution in [3.8, 4) is 23.0 Å². The molecule has 3 aromatic rings. The summed E-state index contributed by atoms with van der Waals surface area (Å²) >= 11 is 0. The molecule has 0 saturated heterocycles. The number of rotatable bonds is 5. The van der Waals surface area contributed by atoms with Crippen molar-refractivity contribution in [1.29, 1.82) is 0 Å². The van der Waals surface area contributed by atoms with Crippen LogP contribution in [0.25, 0.3) is 11.1 Å². The summed E-state index contributed by atoms with van der Waals surface area (Å²) in [6, 6.07) is 7.71. The SMILES string of the molecule is CCOc1cc(N2C(=O)C(C)(C)c3ccc(-c4cnc(C)nc4)cc32)nc(OC)n1. The Morgan fingerprint density at radius 3 is 2.47 bits per heavy atom. The Balaban J connectivity index is 1.87. The summed E-state index contributed by atoms with van der Waals surface area (Å²) in [5.74, 6) is 1.37. The molecule has 154 valence electrons. The third-order valence-electron chi connectivity index (χ3n) is 5.14. The lowest BCUT2D eigenvalue weighted by molar-refractivity contribution is -0.121. The van der Waals surface area contributed by atoms with Crippen LogP contribution in [-0.2, 0) is 10.2 Å². The number of hydrogen-bond donors (Lipinski definition) is 0. The molecule has 0 fully saturated rings. The Labute approximate surface area is 174 Å². The zero-order chi connectivity index (χ0) is 21.5. The van der Waals surface area contributed by atoms with E-state index in [9.17, 15) is 4.79 Å². The van der Waals surface area contributed by atoms with Crippen LogP contribution in [0.5, 0.6) is 11.9 Å². The summed E-state index contributed by atoms with van der Waals surface area (Å²) in [5, 5.41) is 0. The summed E-state index contributed by atoms with van der Waals surface area (Å²) in [6.45, 7) is 7.96. The van der Waals surface area contributed by atoms with Crippen LogP contribution in [0.4, 0.5) is 11.5 Å². The number of ether oxygens (including phenoxy) is 2. The van der Waals surface area contributed by atoms with E-state index in [0.29, 0.717) is 24.1 Å². The molecule has 0 N–H and O–H groups in total. The lowest BCUT2D eigenvalue weighted by atomic mass is 9.85. The second kappa shape index (κ2) is 7.37. The molecule has 0 saturated carbocycles. The van der Waals surface area contributed by atoms with Crippen LogP contribution >= 0.6 is 0 Å². The molecule has 8 nitrogen and oxygen atoms in total.